The highest BCUT2D eigenvalue weighted by molar-refractivity contribution is 5.27. The molecule has 0 saturated carbocycles. The van der Waals surface area contributed by atoms with E-state index in [0.29, 0.717) is 12.1 Å². The van der Waals surface area contributed by atoms with Gasteiger partial charge < -0.3 is 19.4 Å². The second kappa shape index (κ2) is 6.02. The molecule has 17 heavy (non-hydrogen) atoms. The van der Waals surface area contributed by atoms with Crippen molar-refractivity contribution in [3.8, 4) is 0 Å². The van der Waals surface area contributed by atoms with Crippen LogP contribution in [-0.2, 0) is 11.3 Å². The lowest BCUT2D eigenvalue weighted by atomic mass is 10.2. The molecule has 1 saturated heterocycles. The molecular weight excluding hydrogens is 218 g/mol. The molecule has 0 amide bonds. The predicted octanol–water partition coefficient (Wildman–Crippen LogP) is 1.40. The van der Waals surface area contributed by atoms with Crippen LogP contribution in [0.1, 0.15) is 25.5 Å². The van der Waals surface area contributed by atoms with E-state index in [1.165, 1.54) is 6.42 Å². The van der Waals surface area contributed by atoms with Crippen molar-refractivity contribution in [1.29, 1.82) is 0 Å². The van der Waals surface area contributed by atoms with E-state index in [2.05, 4.69) is 22.1 Å². The highest BCUT2D eigenvalue weighted by Gasteiger charge is 2.21. The Bertz CT molecular complexity index is 334. The fraction of sp³-hybridized carbons (Fsp3) is 0.750. The summed E-state index contributed by atoms with van der Waals surface area (Å²) in [5, 5.41) is 3.06. The van der Waals surface area contributed by atoms with Crippen LogP contribution in [0.25, 0.3) is 0 Å². The van der Waals surface area contributed by atoms with E-state index in [1.807, 2.05) is 7.05 Å². The minimum absolute atomic E-state index is 0.328. The summed E-state index contributed by atoms with van der Waals surface area (Å²) in [6, 6.07) is 0.702. The number of likely N-dealkylation sites (N-methyl/N-ethyl adjacent to an activating group) is 1. The van der Waals surface area contributed by atoms with Crippen molar-refractivity contribution in [3.05, 3.63) is 12.0 Å². The van der Waals surface area contributed by atoms with Crippen LogP contribution in [0.2, 0.25) is 0 Å². The Kier molecular flexibility index (Phi) is 4.39. The van der Waals surface area contributed by atoms with Crippen molar-refractivity contribution in [3.63, 3.8) is 0 Å². The maximum Gasteiger partial charge on any atom is 0.297 e. The molecule has 1 atom stereocenters. The molecule has 1 fully saturated rings. The van der Waals surface area contributed by atoms with E-state index in [0.717, 1.165) is 38.4 Å². The zero-order chi connectivity index (χ0) is 12.1. The Labute approximate surface area is 102 Å². The Morgan fingerprint density at radius 1 is 1.59 bits per heavy atom. The molecule has 5 nitrogen and oxygen atoms in total. The number of oxazole rings is 1. The first kappa shape index (κ1) is 12.4. The third-order valence-electron chi connectivity index (χ3n) is 3.00. The predicted molar refractivity (Wildman–Crippen MR) is 66.1 cm³/mol. The highest BCUT2D eigenvalue weighted by Crippen LogP contribution is 2.18. The lowest BCUT2D eigenvalue weighted by molar-refractivity contribution is 0.115. The summed E-state index contributed by atoms with van der Waals surface area (Å²) in [7, 11) is 1.90. The Balaban J connectivity index is 1.95. The summed E-state index contributed by atoms with van der Waals surface area (Å²) in [6.07, 6.45) is 4.35. The first-order valence-corrected chi connectivity index (χ1v) is 6.29. The molecule has 1 unspecified atom stereocenters. The molecule has 1 aliphatic rings. The summed E-state index contributed by atoms with van der Waals surface area (Å²) >= 11 is 0. The maximum absolute atomic E-state index is 5.64. The van der Waals surface area contributed by atoms with Crippen LogP contribution in [0.15, 0.2) is 10.7 Å². The number of rotatable bonds is 6. The molecule has 1 aromatic rings. The highest BCUT2D eigenvalue weighted by atomic mass is 16.5. The third kappa shape index (κ3) is 3.20. The minimum atomic E-state index is 0.328. The molecule has 1 N–H and O–H groups in total. The molecule has 2 heterocycles. The molecular formula is C12H21N3O2. The maximum atomic E-state index is 5.64. The van der Waals surface area contributed by atoms with Crippen LogP contribution >= 0.6 is 0 Å². The van der Waals surface area contributed by atoms with E-state index >= 15 is 0 Å². The Morgan fingerprint density at radius 3 is 3.12 bits per heavy atom. The average molecular weight is 239 g/mol. The number of anilines is 1. The summed E-state index contributed by atoms with van der Waals surface area (Å²) in [5.41, 5.74) is 0.938. The van der Waals surface area contributed by atoms with Gasteiger partial charge in [0.25, 0.3) is 6.01 Å². The smallest absolute Gasteiger partial charge is 0.297 e. The Morgan fingerprint density at radius 2 is 2.47 bits per heavy atom. The van der Waals surface area contributed by atoms with Crippen molar-refractivity contribution in [2.45, 2.75) is 32.4 Å². The number of aromatic nitrogens is 1. The second-order valence-electron chi connectivity index (χ2n) is 4.33. The van der Waals surface area contributed by atoms with E-state index in [9.17, 15) is 0 Å². The summed E-state index contributed by atoms with van der Waals surface area (Å²) in [5.74, 6) is 0. The van der Waals surface area contributed by atoms with Crippen LogP contribution in [0, 0.1) is 0 Å². The first-order chi connectivity index (χ1) is 8.33. The van der Waals surface area contributed by atoms with Gasteiger partial charge in [0.1, 0.15) is 6.26 Å². The largest absolute Gasteiger partial charge is 0.432 e. The van der Waals surface area contributed by atoms with Gasteiger partial charge >= 0.3 is 0 Å². The van der Waals surface area contributed by atoms with Crippen LogP contribution in [0.5, 0.6) is 0 Å². The lowest BCUT2D eigenvalue weighted by Gasteiger charge is -2.21. The molecule has 0 spiro atoms. The van der Waals surface area contributed by atoms with Crippen LogP contribution < -0.4 is 10.2 Å². The number of nitrogens with zero attached hydrogens (tertiary/aromatic N) is 2. The number of hydrogen-bond acceptors (Lipinski definition) is 5. The summed E-state index contributed by atoms with van der Waals surface area (Å²) in [4.78, 5) is 6.59. The topological polar surface area (TPSA) is 50.5 Å². The second-order valence-corrected chi connectivity index (χ2v) is 4.33. The number of nitrogens with one attached hydrogen (secondary N) is 1. The summed E-state index contributed by atoms with van der Waals surface area (Å²) < 4.78 is 11.1. The molecule has 5 heteroatoms. The first-order valence-electron chi connectivity index (χ1n) is 6.29. The molecule has 2 rings (SSSR count). The van der Waals surface area contributed by atoms with Crippen LogP contribution in [0.3, 0.4) is 0 Å². The van der Waals surface area contributed by atoms with Gasteiger partial charge in [-0.05, 0) is 26.8 Å². The SMILES string of the molecule is CCN(CC1CCCO1)c1nc(CNC)co1. The van der Waals surface area contributed by atoms with Crippen molar-refractivity contribution in [2.24, 2.45) is 0 Å². The Hall–Kier alpha value is -1.07. The number of ether oxygens (including phenoxy) is 1. The number of hydrogen-bond donors (Lipinski definition) is 1. The van der Waals surface area contributed by atoms with Crippen molar-refractivity contribution in [1.82, 2.24) is 10.3 Å². The molecule has 1 aromatic heterocycles. The van der Waals surface area contributed by atoms with E-state index in [-0.39, 0.29) is 0 Å². The lowest BCUT2D eigenvalue weighted by Crippen LogP contribution is -2.32. The molecule has 96 valence electrons. The van der Waals surface area contributed by atoms with Gasteiger partial charge in [-0.3, -0.25) is 0 Å². The van der Waals surface area contributed by atoms with Gasteiger partial charge in [-0.25, -0.2) is 0 Å². The molecule has 1 aliphatic heterocycles. The normalized spacial score (nSPS) is 19.8. The van der Waals surface area contributed by atoms with Gasteiger partial charge in [0, 0.05) is 26.2 Å². The van der Waals surface area contributed by atoms with Crippen molar-refractivity contribution in [2.75, 3.05) is 31.6 Å². The van der Waals surface area contributed by atoms with Crippen molar-refractivity contribution >= 4 is 6.01 Å². The van der Waals surface area contributed by atoms with Crippen LogP contribution in [0.4, 0.5) is 6.01 Å². The average Bonchev–Trinajstić information content (AvgIpc) is 2.97. The molecule has 0 aliphatic carbocycles. The van der Waals surface area contributed by atoms with Crippen LogP contribution in [-0.4, -0.2) is 37.8 Å². The fourth-order valence-corrected chi connectivity index (χ4v) is 2.08. The fourth-order valence-electron chi connectivity index (χ4n) is 2.08. The van der Waals surface area contributed by atoms with E-state index < -0.39 is 0 Å². The monoisotopic (exact) mass is 239 g/mol. The quantitative estimate of drug-likeness (QED) is 0.813. The zero-order valence-electron chi connectivity index (χ0n) is 10.6. The zero-order valence-corrected chi connectivity index (χ0v) is 10.6. The van der Waals surface area contributed by atoms with Gasteiger partial charge in [-0.15, -0.1) is 0 Å². The van der Waals surface area contributed by atoms with Gasteiger partial charge in [-0.1, -0.05) is 0 Å². The minimum Gasteiger partial charge on any atom is -0.432 e. The standard InChI is InChI=1S/C12H21N3O2/c1-3-15(8-11-5-4-6-16-11)12-14-10(7-13-2)9-17-12/h9,11,13H,3-8H2,1-2H3. The molecule has 0 aromatic carbocycles. The van der Waals surface area contributed by atoms with Crippen molar-refractivity contribution < 1.29 is 9.15 Å². The molecule has 0 bridgehead atoms. The van der Waals surface area contributed by atoms with E-state index in [4.69, 9.17) is 9.15 Å². The third-order valence-corrected chi connectivity index (χ3v) is 3.00. The van der Waals surface area contributed by atoms with Gasteiger partial charge in [-0.2, -0.15) is 4.98 Å². The summed E-state index contributed by atoms with van der Waals surface area (Å²) in [6.45, 7) is 5.49. The van der Waals surface area contributed by atoms with Gasteiger partial charge in [0.05, 0.1) is 11.8 Å². The van der Waals surface area contributed by atoms with E-state index in [1.54, 1.807) is 6.26 Å². The molecule has 0 radical (unpaired) electrons. The van der Waals surface area contributed by atoms with Gasteiger partial charge in [0.15, 0.2) is 0 Å². The van der Waals surface area contributed by atoms with Gasteiger partial charge in [0.2, 0.25) is 0 Å².